The number of urea groups is 1. The van der Waals surface area contributed by atoms with Gasteiger partial charge in [-0.15, -0.1) is 0 Å². The Balaban J connectivity index is 1.04. The second-order valence-electron chi connectivity index (χ2n) is 20.8. The Labute approximate surface area is 334 Å². The maximum absolute atomic E-state index is 15.0. The van der Waals surface area contributed by atoms with Crippen molar-refractivity contribution in [2.45, 2.75) is 115 Å². The van der Waals surface area contributed by atoms with Gasteiger partial charge in [0.25, 0.3) is 0 Å². The summed E-state index contributed by atoms with van der Waals surface area (Å²) in [4.78, 5) is 31.5. The molecule has 10 aliphatic carbocycles. The van der Waals surface area contributed by atoms with Gasteiger partial charge in [-0.1, -0.05) is 62.4 Å². The van der Waals surface area contributed by atoms with Crippen LogP contribution in [0.3, 0.4) is 0 Å². The Hall–Kier alpha value is -3.43. The van der Waals surface area contributed by atoms with E-state index in [1.807, 2.05) is 41.3 Å². The zero-order chi connectivity index (χ0) is 39.8. The van der Waals surface area contributed by atoms with E-state index < -0.39 is 45.5 Å². The van der Waals surface area contributed by atoms with Crippen LogP contribution in [0.2, 0.25) is 0 Å². The number of alkyl halides is 3. The summed E-state index contributed by atoms with van der Waals surface area (Å²) in [5.41, 5.74) is -3.22. The van der Waals surface area contributed by atoms with Crippen molar-refractivity contribution in [3.63, 3.8) is 0 Å². The third-order valence-electron chi connectivity index (χ3n) is 17.9. The third kappa shape index (κ3) is 5.48. The fourth-order valence-electron chi connectivity index (χ4n) is 15.7. The number of para-hydroxylation sites is 1. The molecule has 0 heterocycles. The number of carbonyl (C=O) groups excluding carboxylic acids is 2. The van der Waals surface area contributed by atoms with Crippen LogP contribution in [0.1, 0.15) is 113 Å². The fourth-order valence-corrected chi connectivity index (χ4v) is 15.7. The molecule has 2 aromatic carbocycles. The highest BCUT2D eigenvalue weighted by atomic mass is 19.4. The number of aliphatic hydroxyl groups is 2. The van der Waals surface area contributed by atoms with E-state index in [1.165, 1.54) is 31.4 Å². The van der Waals surface area contributed by atoms with E-state index in [0.29, 0.717) is 67.7 Å². The van der Waals surface area contributed by atoms with Crippen molar-refractivity contribution >= 4 is 17.5 Å². The van der Waals surface area contributed by atoms with Gasteiger partial charge in [-0.3, -0.25) is 4.79 Å². The standard InChI is InChI=1S/C48H57F3N2O4/c1-42-14-11-36(54)26-45(42)17-18-47(37(27-45)40(55)33-7-6-8-34(22-33)48(49,50)51)38(42)12-15-43(2)39(47)13-16-46(43,57)29-53(41(56)52-35-9-4-3-5-10-35)28-44-23-30-19-31(24-44)21-32(20-30)25-44/h3-10,17-18,22,27,30-32,36,38-39,54,57H,11-16,19-21,23-26,28-29H2,1-2H3,(H,52,56)/t30?,31?,32?,36?,38-,39-,42-,43+,44?,45+,46-,47-/m1/s1. The molecule has 57 heavy (non-hydrogen) atoms. The average Bonchev–Trinajstić information content (AvgIpc) is 3.43. The van der Waals surface area contributed by atoms with Crippen LogP contribution < -0.4 is 5.32 Å². The minimum absolute atomic E-state index is 0.00202. The summed E-state index contributed by atoms with van der Waals surface area (Å²) in [5, 5.41) is 27.6. The number of nitrogens with one attached hydrogen (secondary N) is 1. The van der Waals surface area contributed by atoms with Gasteiger partial charge >= 0.3 is 12.2 Å². The molecule has 2 spiro atoms. The van der Waals surface area contributed by atoms with Crippen LogP contribution in [0.25, 0.3) is 0 Å². The number of anilines is 1. The van der Waals surface area contributed by atoms with E-state index in [1.54, 1.807) is 0 Å². The summed E-state index contributed by atoms with van der Waals surface area (Å²) in [6, 6.07) is 14.1. The smallest absolute Gasteiger partial charge is 0.393 e. The topological polar surface area (TPSA) is 89.9 Å². The van der Waals surface area contributed by atoms with E-state index >= 15 is 0 Å². The fraction of sp³-hybridized carbons (Fsp3) is 0.625. The molecule has 8 atom stereocenters. The zero-order valence-electron chi connectivity index (χ0n) is 33.3. The number of aliphatic hydroxyl groups excluding tert-OH is 1. The van der Waals surface area contributed by atoms with E-state index in [9.17, 15) is 33.0 Å². The first-order valence-corrected chi connectivity index (χ1v) is 21.7. The molecule has 1 unspecified atom stereocenters. The monoisotopic (exact) mass is 782 g/mol. The van der Waals surface area contributed by atoms with Crippen LogP contribution in [0.4, 0.5) is 23.7 Å². The number of halogens is 3. The van der Waals surface area contributed by atoms with Gasteiger partial charge in [0.2, 0.25) is 0 Å². The number of allylic oxidation sites excluding steroid dienone is 4. The molecule has 12 rings (SSSR count). The second kappa shape index (κ2) is 12.5. The number of Topliss-reactive ketones (excluding diaryl/α,β-unsaturated/α-hetero) is 1. The number of rotatable bonds is 7. The van der Waals surface area contributed by atoms with Crippen LogP contribution >= 0.6 is 0 Å². The molecule has 3 N–H and O–H groups in total. The molecule has 7 saturated carbocycles. The summed E-state index contributed by atoms with van der Waals surface area (Å²) < 4.78 is 42.0. The third-order valence-corrected chi connectivity index (χ3v) is 17.9. The zero-order valence-corrected chi connectivity index (χ0v) is 33.3. The number of carbonyl (C=O) groups is 2. The lowest BCUT2D eigenvalue weighted by atomic mass is 9.32. The Kier molecular flexibility index (Phi) is 8.32. The first kappa shape index (κ1) is 37.8. The maximum atomic E-state index is 15.0. The van der Waals surface area contributed by atoms with Crippen molar-refractivity contribution in [2.24, 2.45) is 56.7 Å². The number of hydrogen-bond donors (Lipinski definition) is 3. The van der Waals surface area contributed by atoms with Crippen LogP contribution in [-0.4, -0.2) is 51.7 Å². The van der Waals surface area contributed by atoms with Crippen LogP contribution in [0.5, 0.6) is 0 Å². The van der Waals surface area contributed by atoms with Gasteiger partial charge in [0.05, 0.1) is 23.8 Å². The van der Waals surface area contributed by atoms with E-state index in [0.717, 1.165) is 44.2 Å². The highest BCUT2D eigenvalue weighted by Crippen LogP contribution is 2.78. The lowest BCUT2D eigenvalue weighted by Gasteiger charge is -2.71. The SMILES string of the molecule is C[C@]12CC[C@H]3[C@]4(C=C[C@@]5(C=C4C(=O)c4cccc(C(F)(F)F)c4)CC(O)CC[C@]35C)[C@@H]1CC[C@@]2(O)CN(CC12CC3CC(CC(C3)C1)C2)C(=O)Nc1ccccc1. The molecule has 304 valence electrons. The van der Waals surface area contributed by atoms with Crippen molar-refractivity contribution in [3.05, 3.63) is 89.5 Å². The van der Waals surface area contributed by atoms with Gasteiger partial charge in [0.1, 0.15) is 0 Å². The minimum atomic E-state index is -4.60. The Morgan fingerprint density at radius 1 is 0.807 bits per heavy atom. The second-order valence-corrected chi connectivity index (χ2v) is 20.8. The van der Waals surface area contributed by atoms with Gasteiger partial charge in [0.15, 0.2) is 5.78 Å². The van der Waals surface area contributed by atoms with E-state index in [2.05, 4.69) is 31.3 Å². The summed E-state index contributed by atoms with van der Waals surface area (Å²) >= 11 is 0. The molecule has 10 aliphatic rings. The predicted octanol–water partition coefficient (Wildman–Crippen LogP) is 10.2. The van der Waals surface area contributed by atoms with Crippen LogP contribution in [0, 0.1) is 56.7 Å². The quantitative estimate of drug-likeness (QED) is 0.193. The van der Waals surface area contributed by atoms with E-state index in [4.69, 9.17) is 0 Å². The lowest BCUT2D eigenvalue weighted by molar-refractivity contribution is -0.176. The van der Waals surface area contributed by atoms with Gasteiger partial charge in [0, 0.05) is 39.6 Å². The van der Waals surface area contributed by atoms with Crippen LogP contribution in [-0.2, 0) is 6.18 Å². The van der Waals surface area contributed by atoms with Crippen molar-refractivity contribution in [1.82, 2.24) is 4.90 Å². The molecule has 2 amide bonds. The summed E-state index contributed by atoms with van der Waals surface area (Å²) in [7, 11) is 0. The molecule has 6 nitrogen and oxygen atoms in total. The van der Waals surface area contributed by atoms with E-state index in [-0.39, 0.29) is 40.8 Å². The maximum Gasteiger partial charge on any atom is 0.416 e. The molecule has 6 bridgehead atoms. The normalized spacial score (nSPS) is 43.5. The largest absolute Gasteiger partial charge is 0.416 e. The highest BCUT2D eigenvalue weighted by Gasteiger charge is 2.74. The summed E-state index contributed by atoms with van der Waals surface area (Å²) in [6.45, 7) is 5.25. The van der Waals surface area contributed by atoms with Crippen molar-refractivity contribution in [1.29, 1.82) is 0 Å². The molecule has 0 aromatic heterocycles. The highest BCUT2D eigenvalue weighted by molar-refractivity contribution is 6.10. The van der Waals surface area contributed by atoms with Crippen molar-refractivity contribution in [3.8, 4) is 0 Å². The van der Waals surface area contributed by atoms with Gasteiger partial charge in [-0.25, -0.2) is 4.79 Å². The molecular formula is C48H57F3N2O4. The minimum Gasteiger partial charge on any atom is -0.393 e. The van der Waals surface area contributed by atoms with Crippen molar-refractivity contribution < 1.29 is 33.0 Å². The lowest BCUT2D eigenvalue weighted by Crippen LogP contribution is -2.67. The molecule has 0 radical (unpaired) electrons. The molecule has 9 heteroatoms. The Morgan fingerprint density at radius 3 is 2.14 bits per heavy atom. The number of ketones is 1. The molecule has 0 saturated heterocycles. The molecule has 0 aliphatic heterocycles. The van der Waals surface area contributed by atoms with Gasteiger partial charge in [-0.2, -0.15) is 13.2 Å². The number of fused-ring (bicyclic) bond motifs is 1. The van der Waals surface area contributed by atoms with Crippen LogP contribution in [0.15, 0.2) is 78.4 Å². The summed E-state index contributed by atoms with van der Waals surface area (Å²) in [6.07, 6.45) is 13.0. The number of hydrogen-bond acceptors (Lipinski definition) is 4. The van der Waals surface area contributed by atoms with Gasteiger partial charge < -0.3 is 20.4 Å². The average molecular weight is 783 g/mol. The van der Waals surface area contributed by atoms with Crippen molar-refractivity contribution in [2.75, 3.05) is 18.4 Å². The predicted molar refractivity (Wildman–Crippen MR) is 212 cm³/mol. The molecule has 2 aromatic rings. The van der Waals surface area contributed by atoms with Gasteiger partial charge in [-0.05, 0) is 148 Å². The molecular weight excluding hydrogens is 726 g/mol. The number of amides is 2. The number of nitrogens with zero attached hydrogens (tertiary/aromatic N) is 1. The molecule has 7 fully saturated rings. The summed E-state index contributed by atoms with van der Waals surface area (Å²) in [5.74, 6) is 1.54. The first-order chi connectivity index (χ1) is 27.0. The Morgan fingerprint density at radius 2 is 1.46 bits per heavy atom. The first-order valence-electron chi connectivity index (χ1n) is 21.7. The number of benzene rings is 2. The Bertz CT molecular complexity index is 2010.